The summed E-state index contributed by atoms with van der Waals surface area (Å²) in [5.41, 5.74) is 2.44. The number of esters is 1. The van der Waals surface area contributed by atoms with E-state index in [2.05, 4.69) is 5.32 Å². The van der Waals surface area contributed by atoms with E-state index < -0.39 is 5.97 Å². The summed E-state index contributed by atoms with van der Waals surface area (Å²) in [5.74, 6) is 0.269. The fourth-order valence-corrected chi connectivity index (χ4v) is 3.57. The molecule has 2 heterocycles. The maximum atomic E-state index is 12.9. The van der Waals surface area contributed by atoms with Crippen LogP contribution in [0.3, 0.4) is 0 Å². The normalized spacial score (nSPS) is 12.2. The Hall–Kier alpha value is -3.49. The van der Waals surface area contributed by atoms with Gasteiger partial charge in [-0.1, -0.05) is 0 Å². The van der Waals surface area contributed by atoms with Gasteiger partial charge in [-0.15, -0.1) is 0 Å². The second-order valence-electron chi connectivity index (χ2n) is 7.41. The van der Waals surface area contributed by atoms with Crippen LogP contribution < -0.4 is 14.8 Å². The highest BCUT2D eigenvalue weighted by Gasteiger charge is 2.21. The summed E-state index contributed by atoms with van der Waals surface area (Å²) in [4.78, 5) is 39.0. The molecule has 0 saturated carbocycles. The highest BCUT2D eigenvalue weighted by Crippen LogP contribution is 2.32. The monoisotopic (exact) mass is 443 g/mol. The Bertz CT molecular complexity index is 1010. The number of ether oxygens (including phenoxy) is 3. The molecule has 9 nitrogen and oxygen atoms in total. The molecule has 0 aliphatic carbocycles. The number of aryl methyl sites for hydroxylation is 1. The minimum Gasteiger partial charge on any atom is -0.486 e. The van der Waals surface area contributed by atoms with Crippen LogP contribution in [-0.2, 0) is 20.9 Å². The third-order valence-electron chi connectivity index (χ3n) is 5.26. The number of fused-ring (bicyclic) bond motifs is 1. The number of benzene rings is 1. The summed E-state index contributed by atoms with van der Waals surface area (Å²) in [7, 11) is 0. The van der Waals surface area contributed by atoms with Crippen molar-refractivity contribution in [3.63, 3.8) is 0 Å². The molecule has 0 fully saturated rings. The van der Waals surface area contributed by atoms with E-state index in [0.29, 0.717) is 48.2 Å². The van der Waals surface area contributed by atoms with Crippen molar-refractivity contribution in [1.29, 1.82) is 0 Å². The Kier molecular flexibility index (Phi) is 7.40. The summed E-state index contributed by atoms with van der Waals surface area (Å²) in [5, 5.41) is 2.80. The molecule has 32 heavy (non-hydrogen) atoms. The topological polar surface area (TPSA) is 99.1 Å². The molecule has 0 spiro atoms. The predicted octanol–water partition coefficient (Wildman–Crippen LogP) is 2.54. The van der Waals surface area contributed by atoms with E-state index in [0.717, 1.165) is 5.69 Å². The largest absolute Gasteiger partial charge is 0.486 e. The molecule has 172 valence electrons. The van der Waals surface area contributed by atoms with Gasteiger partial charge in [0.1, 0.15) is 19.8 Å². The smallest absolute Gasteiger partial charge is 0.339 e. The number of nitrogens with zero attached hydrogens (tertiary/aromatic N) is 2. The standard InChI is InChI=1S/C23H29N3O6/c1-5-25(13-21(27)24-17-7-8-19-20(12-17)32-10-9-31-19)22(28)14-26-15(3)11-18(16(26)4)23(29)30-6-2/h7-8,11-12H,5-6,9-10,13-14H2,1-4H3,(H,24,27). The number of hydrogen-bond acceptors (Lipinski definition) is 6. The van der Waals surface area contributed by atoms with Crippen LogP contribution in [0, 0.1) is 13.8 Å². The number of carbonyl (C=O) groups excluding carboxylic acids is 3. The van der Waals surface area contributed by atoms with Gasteiger partial charge >= 0.3 is 5.97 Å². The highest BCUT2D eigenvalue weighted by molar-refractivity contribution is 5.95. The summed E-state index contributed by atoms with van der Waals surface area (Å²) < 4.78 is 17.9. The lowest BCUT2D eigenvalue weighted by Crippen LogP contribution is -2.39. The lowest BCUT2D eigenvalue weighted by molar-refractivity contribution is -0.135. The van der Waals surface area contributed by atoms with E-state index in [4.69, 9.17) is 14.2 Å². The van der Waals surface area contributed by atoms with Gasteiger partial charge in [-0.2, -0.15) is 0 Å². The molecular weight excluding hydrogens is 414 g/mol. The molecule has 1 aliphatic rings. The van der Waals surface area contributed by atoms with Crippen molar-refractivity contribution in [2.45, 2.75) is 34.2 Å². The number of hydrogen-bond donors (Lipinski definition) is 1. The SMILES string of the molecule is CCOC(=O)c1cc(C)n(CC(=O)N(CC)CC(=O)Nc2ccc3c(c2)OCCO3)c1C. The summed E-state index contributed by atoms with van der Waals surface area (Å²) in [6.45, 7) is 8.71. The molecule has 3 rings (SSSR count). The second-order valence-corrected chi connectivity index (χ2v) is 7.41. The van der Waals surface area contributed by atoms with Crippen molar-refractivity contribution in [3.8, 4) is 11.5 Å². The average Bonchev–Trinajstić information content (AvgIpc) is 3.05. The minimum atomic E-state index is -0.412. The number of aromatic nitrogens is 1. The third-order valence-corrected chi connectivity index (χ3v) is 5.26. The van der Waals surface area contributed by atoms with E-state index in [1.165, 1.54) is 4.90 Å². The minimum absolute atomic E-state index is 0.0300. The fraction of sp³-hybridized carbons (Fsp3) is 0.435. The van der Waals surface area contributed by atoms with Crippen LogP contribution in [-0.4, -0.2) is 60.2 Å². The van der Waals surface area contributed by atoms with Crippen molar-refractivity contribution in [3.05, 3.63) is 41.2 Å². The zero-order chi connectivity index (χ0) is 23.3. The summed E-state index contributed by atoms with van der Waals surface area (Å²) in [6, 6.07) is 6.89. The number of nitrogens with one attached hydrogen (secondary N) is 1. The maximum absolute atomic E-state index is 12.9. The molecule has 2 amide bonds. The number of amides is 2. The first-order valence-corrected chi connectivity index (χ1v) is 10.6. The van der Waals surface area contributed by atoms with E-state index in [-0.39, 0.29) is 31.5 Å². The van der Waals surface area contributed by atoms with Gasteiger partial charge in [0, 0.05) is 29.7 Å². The molecule has 0 saturated heterocycles. The van der Waals surface area contributed by atoms with Crippen LogP contribution in [0.2, 0.25) is 0 Å². The molecular formula is C23H29N3O6. The quantitative estimate of drug-likeness (QED) is 0.630. The van der Waals surface area contributed by atoms with E-state index in [1.54, 1.807) is 42.7 Å². The zero-order valence-corrected chi connectivity index (χ0v) is 18.9. The molecule has 0 bridgehead atoms. The highest BCUT2D eigenvalue weighted by atomic mass is 16.6. The maximum Gasteiger partial charge on any atom is 0.339 e. The third kappa shape index (κ3) is 5.22. The van der Waals surface area contributed by atoms with Crippen LogP contribution >= 0.6 is 0 Å². The first kappa shape index (κ1) is 23.2. The van der Waals surface area contributed by atoms with Crippen LogP contribution in [0.5, 0.6) is 11.5 Å². The molecule has 2 aromatic rings. The zero-order valence-electron chi connectivity index (χ0n) is 18.9. The van der Waals surface area contributed by atoms with E-state index in [1.807, 2.05) is 13.8 Å². The van der Waals surface area contributed by atoms with Crippen molar-refractivity contribution in [2.75, 3.05) is 38.2 Å². The van der Waals surface area contributed by atoms with Gasteiger partial charge < -0.3 is 29.0 Å². The second kappa shape index (κ2) is 10.2. The lowest BCUT2D eigenvalue weighted by atomic mass is 10.2. The number of likely N-dealkylation sites (N-methyl/N-ethyl adjacent to an activating group) is 1. The van der Waals surface area contributed by atoms with Crippen LogP contribution in [0.15, 0.2) is 24.3 Å². The van der Waals surface area contributed by atoms with Crippen LogP contribution in [0.1, 0.15) is 35.6 Å². The summed E-state index contributed by atoms with van der Waals surface area (Å²) in [6.07, 6.45) is 0. The van der Waals surface area contributed by atoms with Gasteiger partial charge in [-0.3, -0.25) is 9.59 Å². The molecule has 0 unspecified atom stereocenters. The van der Waals surface area contributed by atoms with Gasteiger partial charge in [0.05, 0.1) is 18.7 Å². The molecule has 0 atom stereocenters. The Morgan fingerprint density at radius 1 is 1.09 bits per heavy atom. The Morgan fingerprint density at radius 2 is 1.81 bits per heavy atom. The molecule has 1 aromatic heterocycles. The van der Waals surface area contributed by atoms with Crippen molar-refractivity contribution in [2.24, 2.45) is 0 Å². The Morgan fingerprint density at radius 3 is 2.50 bits per heavy atom. The lowest BCUT2D eigenvalue weighted by Gasteiger charge is -2.22. The van der Waals surface area contributed by atoms with E-state index in [9.17, 15) is 14.4 Å². The van der Waals surface area contributed by atoms with E-state index >= 15 is 0 Å². The van der Waals surface area contributed by atoms with Gasteiger partial charge in [0.2, 0.25) is 11.8 Å². The molecule has 1 aromatic carbocycles. The van der Waals surface area contributed by atoms with Crippen LogP contribution in [0.4, 0.5) is 5.69 Å². The predicted molar refractivity (Wildman–Crippen MR) is 118 cm³/mol. The molecule has 9 heteroatoms. The Balaban J connectivity index is 1.64. The van der Waals surface area contributed by atoms with Crippen molar-refractivity contribution >= 4 is 23.5 Å². The molecule has 1 N–H and O–H groups in total. The fourth-order valence-electron chi connectivity index (χ4n) is 3.57. The Labute approximate surface area is 187 Å². The van der Waals surface area contributed by atoms with Crippen LogP contribution in [0.25, 0.3) is 0 Å². The first-order valence-electron chi connectivity index (χ1n) is 10.6. The van der Waals surface area contributed by atoms with Gasteiger partial charge in [-0.25, -0.2) is 4.79 Å². The van der Waals surface area contributed by atoms with Gasteiger partial charge in [-0.05, 0) is 45.9 Å². The number of rotatable bonds is 8. The number of carbonyl (C=O) groups is 3. The summed E-state index contributed by atoms with van der Waals surface area (Å²) >= 11 is 0. The van der Waals surface area contributed by atoms with Gasteiger partial charge in [0.25, 0.3) is 0 Å². The average molecular weight is 444 g/mol. The van der Waals surface area contributed by atoms with Crippen molar-refractivity contribution in [1.82, 2.24) is 9.47 Å². The van der Waals surface area contributed by atoms with Crippen molar-refractivity contribution < 1.29 is 28.6 Å². The number of anilines is 1. The molecule has 1 aliphatic heterocycles. The van der Waals surface area contributed by atoms with Gasteiger partial charge in [0.15, 0.2) is 11.5 Å². The molecule has 0 radical (unpaired) electrons. The first-order chi connectivity index (χ1) is 15.3.